The van der Waals surface area contributed by atoms with Crippen molar-refractivity contribution in [3.8, 4) is 0 Å². The highest BCUT2D eigenvalue weighted by Gasteiger charge is 2.27. The molecule has 0 radical (unpaired) electrons. The molecule has 1 fully saturated rings. The largest absolute Gasteiger partial charge is 0.477 e. The van der Waals surface area contributed by atoms with Crippen LogP contribution in [-0.4, -0.2) is 28.0 Å². The van der Waals surface area contributed by atoms with E-state index in [1.807, 2.05) is 0 Å². The summed E-state index contributed by atoms with van der Waals surface area (Å²) in [4.78, 5) is 27.0. The van der Waals surface area contributed by atoms with Crippen molar-refractivity contribution in [2.24, 2.45) is 0 Å². The number of aromatic carboxylic acids is 1. The van der Waals surface area contributed by atoms with Crippen LogP contribution in [0, 0.1) is 5.82 Å². The summed E-state index contributed by atoms with van der Waals surface area (Å²) in [6.07, 6.45) is 2.52. The van der Waals surface area contributed by atoms with Crippen LogP contribution >= 0.6 is 0 Å². The van der Waals surface area contributed by atoms with Crippen molar-refractivity contribution < 1.29 is 19.1 Å². The molecule has 2 aromatic rings. The van der Waals surface area contributed by atoms with Gasteiger partial charge in [0.1, 0.15) is 17.2 Å². The van der Waals surface area contributed by atoms with Crippen LogP contribution in [0.4, 0.5) is 4.39 Å². The van der Waals surface area contributed by atoms with Crippen LogP contribution in [0.3, 0.4) is 0 Å². The normalized spacial score (nSPS) is 19.9. The summed E-state index contributed by atoms with van der Waals surface area (Å²) >= 11 is 0. The Balaban J connectivity index is 1.63. The summed E-state index contributed by atoms with van der Waals surface area (Å²) in [5.41, 5.74) is 1.01. The van der Waals surface area contributed by atoms with Gasteiger partial charge in [0.05, 0.1) is 0 Å². The molecule has 0 bridgehead atoms. The molecule has 0 aliphatic heterocycles. The Morgan fingerprint density at radius 3 is 2.50 bits per heavy atom. The quantitative estimate of drug-likeness (QED) is 0.904. The third kappa shape index (κ3) is 3.59. The number of benzene rings is 1. The Hall–Kier alpha value is -2.76. The van der Waals surface area contributed by atoms with Crippen molar-refractivity contribution in [2.45, 2.75) is 31.2 Å². The van der Waals surface area contributed by atoms with E-state index in [4.69, 9.17) is 5.11 Å². The Labute approximate surface area is 138 Å². The predicted molar refractivity (Wildman–Crippen MR) is 85.4 cm³/mol. The van der Waals surface area contributed by atoms with E-state index >= 15 is 0 Å². The molecule has 1 saturated carbocycles. The van der Waals surface area contributed by atoms with Crippen LogP contribution < -0.4 is 5.32 Å². The van der Waals surface area contributed by atoms with Crippen LogP contribution in [0.25, 0.3) is 0 Å². The molecule has 2 atom stereocenters. The molecule has 5 nitrogen and oxygen atoms in total. The predicted octanol–water partition coefficient (Wildman–Crippen LogP) is 2.99. The van der Waals surface area contributed by atoms with Gasteiger partial charge in [-0.2, -0.15) is 0 Å². The molecule has 1 aromatic heterocycles. The van der Waals surface area contributed by atoms with Gasteiger partial charge in [0.25, 0.3) is 5.91 Å². The van der Waals surface area contributed by atoms with E-state index in [0.717, 1.165) is 24.8 Å². The number of carbonyl (C=O) groups excluding carboxylic acids is 1. The maximum absolute atomic E-state index is 13.0. The van der Waals surface area contributed by atoms with Gasteiger partial charge in [0.2, 0.25) is 0 Å². The number of carbonyl (C=O) groups is 2. The maximum atomic E-state index is 13.0. The molecule has 1 amide bonds. The first-order chi connectivity index (χ1) is 11.5. The molecule has 1 aliphatic rings. The third-order valence-electron chi connectivity index (χ3n) is 4.31. The lowest BCUT2D eigenvalue weighted by Crippen LogP contribution is -2.33. The molecule has 2 N–H and O–H groups in total. The fraction of sp³-hybridized carbons (Fsp3) is 0.278. The summed E-state index contributed by atoms with van der Waals surface area (Å²) in [7, 11) is 0. The van der Waals surface area contributed by atoms with Gasteiger partial charge in [0.15, 0.2) is 0 Å². The Morgan fingerprint density at radius 1 is 1.08 bits per heavy atom. The van der Waals surface area contributed by atoms with Crippen LogP contribution in [0.15, 0.2) is 42.5 Å². The highest BCUT2D eigenvalue weighted by molar-refractivity contribution is 5.94. The topological polar surface area (TPSA) is 79.3 Å². The molecule has 1 heterocycles. The number of hydrogen-bond acceptors (Lipinski definition) is 3. The van der Waals surface area contributed by atoms with Crippen LogP contribution in [0.1, 0.15) is 51.7 Å². The Kier molecular flexibility index (Phi) is 4.55. The molecule has 3 rings (SSSR count). The van der Waals surface area contributed by atoms with Gasteiger partial charge >= 0.3 is 5.97 Å². The Morgan fingerprint density at radius 2 is 1.79 bits per heavy atom. The minimum atomic E-state index is -1.16. The molecule has 6 heteroatoms. The number of nitrogens with zero attached hydrogens (tertiary/aromatic N) is 1. The van der Waals surface area contributed by atoms with Crippen LogP contribution in [0.5, 0.6) is 0 Å². The first-order valence-electron chi connectivity index (χ1n) is 7.79. The molecule has 0 spiro atoms. The average molecular weight is 328 g/mol. The number of amides is 1. The SMILES string of the molecule is O=C(O)c1cccc(C(=O)NC2CCC(c3ccc(F)cc3)C2)n1. The molecule has 1 aliphatic carbocycles. The highest BCUT2D eigenvalue weighted by atomic mass is 19.1. The number of aromatic nitrogens is 1. The Bertz CT molecular complexity index is 761. The molecule has 1 aromatic carbocycles. The van der Waals surface area contributed by atoms with E-state index in [2.05, 4.69) is 10.3 Å². The van der Waals surface area contributed by atoms with E-state index in [0.29, 0.717) is 0 Å². The zero-order chi connectivity index (χ0) is 17.1. The van der Waals surface area contributed by atoms with Crippen molar-refractivity contribution in [2.75, 3.05) is 0 Å². The minimum absolute atomic E-state index is 0.00263. The van der Waals surface area contributed by atoms with Crippen molar-refractivity contribution in [1.29, 1.82) is 0 Å². The van der Waals surface area contributed by atoms with E-state index in [1.165, 1.54) is 30.3 Å². The standard InChI is InChI=1S/C18H17FN2O3/c19-13-7-4-11(5-8-13)12-6-9-14(10-12)20-17(22)15-2-1-3-16(21-15)18(23)24/h1-5,7-8,12,14H,6,9-10H2,(H,20,22)(H,23,24). The molecule has 0 saturated heterocycles. The van der Waals surface area contributed by atoms with Gasteiger partial charge in [-0.1, -0.05) is 18.2 Å². The van der Waals surface area contributed by atoms with E-state index in [9.17, 15) is 14.0 Å². The molecular formula is C18H17FN2O3. The summed E-state index contributed by atoms with van der Waals surface area (Å²) in [6.45, 7) is 0. The van der Waals surface area contributed by atoms with E-state index in [1.54, 1.807) is 12.1 Å². The van der Waals surface area contributed by atoms with Crippen molar-refractivity contribution >= 4 is 11.9 Å². The second-order valence-corrected chi connectivity index (χ2v) is 5.95. The number of rotatable bonds is 4. The zero-order valence-electron chi connectivity index (χ0n) is 12.9. The van der Waals surface area contributed by atoms with Crippen molar-refractivity contribution in [3.05, 3.63) is 65.2 Å². The van der Waals surface area contributed by atoms with Crippen LogP contribution in [-0.2, 0) is 0 Å². The smallest absolute Gasteiger partial charge is 0.354 e. The minimum Gasteiger partial charge on any atom is -0.477 e. The zero-order valence-corrected chi connectivity index (χ0v) is 12.9. The fourth-order valence-corrected chi connectivity index (χ4v) is 3.09. The highest BCUT2D eigenvalue weighted by Crippen LogP contribution is 2.34. The van der Waals surface area contributed by atoms with Gasteiger partial charge < -0.3 is 10.4 Å². The first kappa shape index (κ1) is 16.1. The van der Waals surface area contributed by atoms with Crippen molar-refractivity contribution in [3.63, 3.8) is 0 Å². The number of carboxylic acids is 1. The van der Waals surface area contributed by atoms with Gasteiger partial charge in [-0.25, -0.2) is 14.2 Å². The van der Waals surface area contributed by atoms with Gasteiger partial charge in [-0.15, -0.1) is 0 Å². The molecule has 124 valence electrons. The lowest BCUT2D eigenvalue weighted by atomic mass is 9.97. The monoisotopic (exact) mass is 328 g/mol. The number of pyridine rings is 1. The summed E-state index contributed by atoms with van der Waals surface area (Å²) in [5, 5.41) is 11.8. The number of nitrogens with one attached hydrogen (secondary N) is 1. The second-order valence-electron chi connectivity index (χ2n) is 5.95. The number of halogens is 1. The van der Waals surface area contributed by atoms with Crippen LogP contribution in [0.2, 0.25) is 0 Å². The van der Waals surface area contributed by atoms with E-state index < -0.39 is 5.97 Å². The lowest BCUT2D eigenvalue weighted by molar-refractivity contribution is 0.0690. The molecular weight excluding hydrogens is 311 g/mol. The summed E-state index contributed by atoms with van der Waals surface area (Å²) < 4.78 is 13.0. The lowest BCUT2D eigenvalue weighted by Gasteiger charge is -2.13. The van der Waals surface area contributed by atoms with E-state index in [-0.39, 0.29) is 35.1 Å². The van der Waals surface area contributed by atoms with Gasteiger partial charge in [-0.05, 0) is 55.0 Å². The molecule has 24 heavy (non-hydrogen) atoms. The van der Waals surface area contributed by atoms with Gasteiger partial charge in [0, 0.05) is 6.04 Å². The maximum Gasteiger partial charge on any atom is 0.354 e. The summed E-state index contributed by atoms with van der Waals surface area (Å²) in [5.74, 6) is -1.51. The van der Waals surface area contributed by atoms with Crippen molar-refractivity contribution in [1.82, 2.24) is 10.3 Å². The third-order valence-corrected chi connectivity index (χ3v) is 4.31. The summed E-state index contributed by atoms with van der Waals surface area (Å²) in [6, 6.07) is 10.8. The number of hydrogen-bond donors (Lipinski definition) is 2. The average Bonchev–Trinajstić information content (AvgIpc) is 3.04. The number of carboxylic acid groups (broad SMARTS) is 1. The second kappa shape index (κ2) is 6.78. The first-order valence-corrected chi connectivity index (χ1v) is 7.79. The molecule has 2 unspecified atom stereocenters. The van der Waals surface area contributed by atoms with Gasteiger partial charge in [-0.3, -0.25) is 4.79 Å². The fourth-order valence-electron chi connectivity index (χ4n) is 3.09.